The number of carbonyl (C=O) groups is 2. The first kappa shape index (κ1) is 41.1. The zero-order valence-electron chi connectivity index (χ0n) is 32.0. The van der Waals surface area contributed by atoms with Crippen molar-refractivity contribution in [1.82, 2.24) is 0 Å². The first-order valence-electron chi connectivity index (χ1n) is 19.5. The van der Waals surface area contributed by atoms with Gasteiger partial charge in [0.05, 0.1) is 12.2 Å². The zero-order chi connectivity index (χ0) is 38.8. The van der Waals surface area contributed by atoms with Gasteiger partial charge in [0.2, 0.25) is 0 Å². The summed E-state index contributed by atoms with van der Waals surface area (Å²) in [5, 5.41) is 25.5. The maximum atomic E-state index is 12.7. The van der Waals surface area contributed by atoms with Gasteiger partial charge in [0, 0.05) is 24.0 Å². The van der Waals surface area contributed by atoms with Crippen molar-refractivity contribution in [2.24, 2.45) is 0 Å². The molecule has 0 amide bonds. The van der Waals surface area contributed by atoms with E-state index >= 15 is 0 Å². The van der Waals surface area contributed by atoms with Crippen molar-refractivity contribution < 1.29 is 43.5 Å². The molecule has 0 aromatic heterocycles. The van der Waals surface area contributed by atoms with E-state index in [1.54, 1.807) is 24.3 Å². The third-order valence-electron chi connectivity index (χ3n) is 9.40. The molecule has 0 heterocycles. The topological polar surface area (TPSA) is 121 Å². The summed E-state index contributed by atoms with van der Waals surface area (Å²) in [6, 6.07) is 30.5. The van der Waals surface area contributed by atoms with Crippen molar-refractivity contribution in [3.63, 3.8) is 0 Å². The highest BCUT2D eigenvalue weighted by Gasteiger charge is 2.19. The molecule has 5 rings (SSSR count). The second kappa shape index (κ2) is 21.7. The number of benzene rings is 5. The number of hydrogen-bond donors (Lipinski definition) is 2. The third kappa shape index (κ3) is 12.5. The van der Waals surface area contributed by atoms with E-state index in [-0.39, 0.29) is 32.4 Å². The molecule has 0 aliphatic rings. The van der Waals surface area contributed by atoms with E-state index < -0.39 is 18.2 Å². The first-order chi connectivity index (χ1) is 26.9. The lowest BCUT2D eigenvalue weighted by molar-refractivity contribution is -0.147. The fourth-order valence-electron chi connectivity index (χ4n) is 6.32. The molecule has 0 saturated carbocycles. The van der Waals surface area contributed by atoms with Gasteiger partial charge in [0.25, 0.3) is 0 Å². The van der Waals surface area contributed by atoms with Gasteiger partial charge in [-0.1, -0.05) is 107 Å². The van der Waals surface area contributed by atoms with Crippen molar-refractivity contribution in [3.05, 3.63) is 114 Å². The molecule has 9 heteroatoms. The lowest BCUT2D eigenvalue weighted by Gasteiger charge is -2.20. The van der Waals surface area contributed by atoms with Gasteiger partial charge in [0.15, 0.2) is 0 Å². The van der Waals surface area contributed by atoms with Crippen LogP contribution in [0, 0.1) is 0 Å². The average molecular weight is 751 g/mol. The number of hydrogen-bond acceptors (Lipinski definition) is 9. The lowest BCUT2D eigenvalue weighted by Crippen LogP contribution is -2.25. The van der Waals surface area contributed by atoms with E-state index in [9.17, 15) is 19.8 Å². The largest absolute Gasteiger partial charge is 0.494 e. The molecule has 0 saturated heterocycles. The molecule has 0 aliphatic carbocycles. The highest BCUT2D eigenvalue weighted by molar-refractivity contribution is 5.92. The Kier molecular flexibility index (Phi) is 16.2. The Morgan fingerprint density at radius 2 is 1.11 bits per heavy atom. The maximum Gasteiger partial charge on any atom is 0.338 e. The Balaban J connectivity index is 1.25. The van der Waals surface area contributed by atoms with Crippen molar-refractivity contribution >= 4 is 33.5 Å². The van der Waals surface area contributed by atoms with Gasteiger partial charge in [-0.25, -0.2) is 4.79 Å². The summed E-state index contributed by atoms with van der Waals surface area (Å²) in [5.41, 5.74) is 2.15. The molecule has 0 radical (unpaired) electrons. The Morgan fingerprint density at radius 3 is 1.69 bits per heavy atom. The van der Waals surface area contributed by atoms with Gasteiger partial charge in [-0.2, -0.15) is 0 Å². The van der Waals surface area contributed by atoms with E-state index in [4.69, 9.17) is 23.7 Å². The Bertz CT molecular complexity index is 1960. The molecule has 0 aliphatic heterocycles. The quantitative estimate of drug-likeness (QED) is 0.0498. The maximum absolute atomic E-state index is 12.7. The minimum absolute atomic E-state index is 0.0597. The number of aliphatic hydroxyl groups excluding tert-OH is 2. The van der Waals surface area contributed by atoms with E-state index in [2.05, 4.69) is 13.8 Å². The fourth-order valence-corrected chi connectivity index (χ4v) is 6.32. The summed E-state index contributed by atoms with van der Waals surface area (Å²) in [7, 11) is 0. The SMILES string of the molecule is CCCCCCCC(=O)OCC(O)COc1ccc2ccccc2c1Cc1c(OCC(O)COC(=O)c2ccc(OCCCC)cc2)ccc2ccccc12. The molecule has 292 valence electrons. The number of rotatable bonds is 23. The predicted octanol–water partition coefficient (Wildman–Crippen LogP) is 9.00. The van der Waals surface area contributed by atoms with Crippen LogP contribution >= 0.6 is 0 Å². The van der Waals surface area contributed by atoms with E-state index in [0.717, 1.165) is 77.6 Å². The van der Waals surface area contributed by atoms with Crippen LogP contribution in [0.2, 0.25) is 0 Å². The van der Waals surface area contributed by atoms with Crippen LogP contribution in [0.25, 0.3) is 21.5 Å². The van der Waals surface area contributed by atoms with Crippen molar-refractivity contribution in [2.75, 3.05) is 33.0 Å². The van der Waals surface area contributed by atoms with Gasteiger partial charge in [-0.05, 0) is 70.8 Å². The molecule has 9 nitrogen and oxygen atoms in total. The van der Waals surface area contributed by atoms with Crippen LogP contribution in [0.1, 0.15) is 86.7 Å². The molecule has 0 bridgehead atoms. The van der Waals surface area contributed by atoms with E-state index in [1.165, 1.54) is 0 Å². The molecule has 0 fully saturated rings. The van der Waals surface area contributed by atoms with Crippen LogP contribution < -0.4 is 14.2 Å². The van der Waals surface area contributed by atoms with Crippen LogP contribution in [-0.2, 0) is 20.7 Å². The molecule has 0 spiro atoms. The van der Waals surface area contributed by atoms with Gasteiger partial charge < -0.3 is 33.9 Å². The average Bonchev–Trinajstić information content (AvgIpc) is 3.21. The summed E-state index contributed by atoms with van der Waals surface area (Å²) >= 11 is 0. The Morgan fingerprint density at radius 1 is 0.564 bits per heavy atom. The summed E-state index contributed by atoms with van der Waals surface area (Å²) in [6.07, 6.45) is 5.84. The molecule has 2 atom stereocenters. The van der Waals surface area contributed by atoms with Crippen molar-refractivity contribution in [2.45, 2.75) is 83.8 Å². The van der Waals surface area contributed by atoms with Crippen molar-refractivity contribution in [3.8, 4) is 17.2 Å². The monoisotopic (exact) mass is 750 g/mol. The molecule has 5 aromatic rings. The summed E-state index contributed by atoms with van der Waals surface area (Å²) in [4.78, 5) is 24.9. The smallest absolute Gasteiger partial charge is 0.338 e. The summed E-state index contributed by atoms with van der Waals surface area (Å²) in [5.74, 6) is 0.989. The normalized spacial score (nSPS) is 12.3. The van der Waals surface area contributed by atoms with Crippen LogP contribution in [0.4, 0.5) is 0 Å². The number of carbonyl (C=O) groups excluding carboxylic acids is 2. The lowest BCUT2D eigenvalue weighted by atomic mass is 9.93. The van der Waals surface area contributed by atoms with Crippen LogP contribution in [-0.4, -0.2) is 67.4 Å². The summed E-state index contributed by atoms with van der Waals surface area (Å²) in [6.45, 7) is 4.31. The van der Waals surface area contributed by atoms with E-state index in [1.807, 2.05) is 72.8 Å². The Hall–Kier alpha value is -5.12. The van der Waals surface area contributed by atoms with Crippen LogP contribution in [0.3, 0.4) is 0 Å². The van der Waals surface area contributed by atoms with Gasteiger partial charge in [-0.15, -0.1) is 0 Å². The highest BCUT2D eigenvalue weighted by atomic mass is 16.6. The molecule has 5 aromatic carbocycles. The highest BCUT2D eigenvalue weighted by Crippen LogP contribution is 2.36. The predicted molar refractivity (Wildman–Crippen MR) is 215 cm³/mol. The van der Waals surface area contributed by atoms with Crippen LogP contribution in [0.15, 0.2) is 97.1 Å². The standard InChI is InChI=1S/C46H54O9/c1-3-5-7-8-9-18-45(49)54-31-36(47)29-52-43-25-21-33-14-10-12-16-39(33)41(43)28-42-40-17-13-11-15-34(40)22-26-44(42)53-30-37(48)32-55-46(50)35-19-23-38(24-20-35)51-27-6-4-2/h10-17,19-26,36-37,47-48H,3-9,18,27-32H2,1-2H3. The first-order valence-corrected chi connectivity index (χ1v) is 19.5. The fraction of sp³-hybridized carbons (Fsp3) is 0.391. The number of fused-ring (bicyclic) bond motifs is 2. The van der Waals surface area contributed by atoms with Crippen molar-refractivity contribution in [1.29, 1.82) is 0 Å². The molecular formula is C46H54O9. The molecule has 2 N–H and O–H groups in total. The van der Waals surface area contributed by atoms with Gasteiger partial charge in [0.1, 0.15) is 55.9 Å². The minimum Gasteiger partial charge on any atom is -0.494 e. The second-order valence-electron chi connectivity index (χ2n) is 13.8. The summed E-state index contributed by atoms with van der Waals surface area (Å²) < 4.78 is 28.9. The second-order valence-corrected chi connectivity index (χ2v) is 13.8. The Labute approximate surface area is 324 Å². The van der Waals surface area contributed by atoms with Gasteiger partial charge in [-0.3, -0.25) is 4.79 Å². The number of unbranched alkanes of at least 4 members (excludes halogenated alkanes) is 5. The minimum atomic E-state index is -1.08. The van der Waals surface area contributed by atoms with E-state index in [0.29, 0.717) is 42.3 Å². The van der Waals surface area contributed by atoms with Gasteiger partial charge >= 0.3 is 11.9 Å². The third-order valence-corrected chi connectivity index (χ3v) is 9.40. The zero-order valence-corrected chi connectivity index (χ0v) is 32.0. The number of aliphatic hydroxyl groups is 2. The molecular weight excluding hydrogens is 696 g/mol. The number of ether oxygens (including phenoxy) is 5. The number of esters is 2. The molecule has 55 heavy (non-hydrogen) atoms. The van der Waals surface area contributed by atoms with Crippen LogP contribution in [0.5, 0.6) is 17.2 Å². The molecule has 2 unspecified atom stereocenters.